The summed E-state index contributed by atoms with van der Waals surface area (Å²) in [5, 5.41) is 9.16. The van der Waals surface area contributed by atoms with Crippen molar-refractivity contribution in [3.05, 3.63) is 35.7 Å². The van der Waals surface area contributed by atoms with E-state index < -0.39 is 5.97 Å². The van der Waals surface area contributed by atoms with Crippen molar-refractivity contribution in [2.45, 2.75) is 20.3 Å². The number of pyridine rings is 1. The Morgan fingerprint density at radius 1 is 1.32 bits per heavy atom. The van der Waals surface area contributed by atoms with Crippen molar-refractivity contribution in [1.82, 2.24) is 15.0 Å². The molecule has 6 nitrogen and oxygen atoms in total. The van der Waals surface area contributed by atoms with Gasteiger partial charge in [-0.25, -0.2) is 9.97 Å². The lowest BCUT2D eigenvalue weighted by Gasteiger charge is -2.20. The van der Waals surface area contributed by atoms with E-state index in [1.54, 1.807) is 6.20 Å². The molecule has 1 fully saturated rings. The summed E-state index contributed by atoms with van der Waals surface area (Å²) in [7, 11) is 0. The van der Waals surface area contributed by atoms with Crippen molar-refractivity contribution in [2.24, 2.45) is 5.92 Å². The quantitative estimate of drug-likeness (QED) is 0.934. The number of carboxylic acid groups (broad SMARTS) is 1. The number of hydrogen-bond acceptors (Lipinski definition) is 5. The highest BCUT2D eigenvalue weighted by atomic mass is 16.4. The molecular formula is C16H18N4O2. The molecular weight excluding hydrogens is 280 g/mol. The first-order valence-corrected chi connectivity index (χ1v) is 7.30. The minimum absolute atomic E-state index is 0.326. The van der Waals surface area contributed by atoms with Crippen LogP contribution in [-0.4, -0.2) is 39.1 Å². The average Bonchev–Trinajstić information content (AvgIpc) is 3.01. The van der Waals surface area contributed by atoms with Crippen molar-refractivity contribution in [2.75, 3.05) is 18.0 Å². The lowest BCUT2D eigenvalue weighted by atomic mass is 10.1. The van der Waals surface area contributed by atoms with Crippen molar-refractivity contribution in [3.63, 3.8) is 0 Å². The largest absolute Gasteiger partial charge is 0.481 e. The number of aromatic nitrogens is 3. The standard InChI is InChI=1S/C16H18N4O2/c1-10-11(2)18-14(13-5-3-4-7-17-13)19-15(10)20-8-6-12(9-20)16(21)22/h3-5,7,12H,6,8-9H2,1-2H3,(H,21,22). The van der Waals surface area contributed by atoms with E-state index in [0.29, 0.717) is 25.3 Å². The van der Waals surface area contributed by atoms with Crippen molar-refractivity contribution < 1.29 is 9.90 Å². The molecule has 6 heteroatoms. The maximum atomic E-state index is 11.1. The number of nitrogens with zero attached hydrogens (tertiary/aromatic N) is 4. The van der Waals surface area contributed by atoms with Crippen LogP contribution >= 0.6 is 0 Å². The van der Waals surface area contributed by atoms with E-state index in [1.807, 2.05) is 36.9 Å². The molecule has 22 heavy (non-hydrogen) atoms. The summed E-state index contributed by atoms with van der Waals surface area (Å²) in [4.78, 5) is 26.6. The number of aliphatic carboxylic acids is 1. The molecule has 0 radical (unpaired) electrons. The van der Waals surface area contributed by atoms with Crippen LogP contribution in [0.3, 0.4) is 0 Å². The fraction of sp³-hybridized carbons (Fsp3) is 0.375. The molecule has 1 atom stereocenters. The minimum Gasteiger partial charge on any atom is -0.481 e. The third-order valence-electron chi connectivity index (χ3n) is 4.09. The number of anilines is 1. The molecule has 0 amide bonds. The minimum atomic E-state index is -0.740. The van der Waals surface area contributed by atoms with Crippen LogP contribution in [0.2, 0.25) is 0 Å². The summed E-state index contributed by atoms with van der Waals surface area (Å²) < 4.78 is 0. The van der Waals surface area contributed by atoms with Gasteiger partial charge in [-0.1, -0.05) is 6.07 Å². The molecule has 1 N–H and O–H groups in total. The molecule has 0 saturated carbocycles. The molecule has 1 saturated heterocycles. The third-order valence-corrected chi connectivity index (χ3v) is 4.09. The zero-order valence-corrected chi connectivity index (χ0v) is 12.7. The van der Waals surface area contributed by atoms with E-state index in [2.05, 4.69) is 15.0 Å². The first-order valence-electron chi connectivity index (χ1n) is 7.30. The molecule has 0 aliphatic carbocycles. The van der Waals surface area contributed by atoms with Gasteiger partial charge in [-0.15, -0.1) is 0 Å². The third kappa shape index (κ3) is 2.64. The number of carbonyl (C=O) groups is 1. The van der Waals surface area contributed by atoms with Crippen molar-refractivity contribution in [3.8, 4) is 11.5 Å². The second-order valence-electron chi connectivity index (χ2n) is 5.57. The highest BCUT2D eigenvalue weighted by Gasteiger charge is 2.30. The summed E-state index contributed by atoms with van der Waals surface area (Å²) >= 11 is 0. The van der Waals surface area contributed by atoms with Gasteiger partial charge in [-0.3, -0.25) is 9.78 Å². The molecule has 2 aromatic rings. The van der Waals surface area contributed by atoms with Crippen LogP contribution < -0.4 is 4.90 Å². The lowest BCUT2D eigenvalue weighted by molar-refractivity contribution is -0.140. The Morgan fingerprint density at radius 2 is 2.14 bits per heavy atom. The van der Waals surface area contributed by atoms with Gasteiger partial charge >= 0.3 is 5.97 Å². The number of carboxylic acids is 1. The number of hydrogen-bond donors (Lipinski definition) is 1. The van der Waals surface area contributed by atoms with Gasteiger partial charge in [-0.05, 0) is 32.4 Å². The second kappa shape index (κ2) is 5.71. The Bertz CT molecular complexity index is 703. The maximum absolute atomic E-state index is 11.1. The van der Waals surface area contributed by atoms with Gasteiger partial charge in [-0.2, -0.15) is 0 Å². The zero-order chi connectivity index (χ0) is 15.7. The molecule has 0 spiro atoms. The van der Waals surface area contributed by atoms with Crippen LogP contribution in [0.5, 0.6) is 0 Å². The van der Waals surface area contributed by atoms with E-state index in [4.69, 9.17) is 5.11 Å². The molecule has 3 rings (SSSR count). The fourth-order valence-electron chi connectivity index (χ4n) is 2.69. The molecule has 0 bridgehead atoms. The SMILES string of the molecule is Cc1nc(-c2ccccn2)nc(N2CCC(C(=O)O)C2)c1C. The molecule has 1 aliphatic rings. The van der Waals surface area contributed by atoms with Gasteiger partial charge in [0, 0.05) is 30.5 Å². The molecule has 1 unspecified atom stereocenters. The average molecular weight is 298 g/mol. The van der Waals surface area contributed by atoms with Crippen LogP contribution in [0.25, 0.3) is 11.5 Å². The van der Waals surface area contributed by atoms with E-state index in [0.717, 1.165) is 22.8 Å². The van der Waals surface area contributed by atoms with Gasteiger partial charge in [0.2, 0.25) is 0 Å². The van der Waals surface area contributed by atoms with Crippen LogP contribution in [0.15, 0.2) is 24.4 Å². The predicted octanol–water partition coefficient (Wildman–Crippen LogP) is 2.07. The Labute approximate surface area is 128 Å². The van der Waals surface area contributed by atoms with Crippen molar-refractivity contribution in [1.29, 1.82) is 0 Å². The van der Waals surface area contributed by atoms with Crippen LogP contribution in [0, 0.1) is 19.8 Å². The van der Waals surface area contributed by atoms with Gasteiger partial charge in [0.1, 0.15) is 11.5 Å². The van der Waals surface area contributed by atoms with Crippen LogP contribution in [0.1, 0.15) is 17.7 Å². The molecule has 1 aliphatic heterocycles. The van der Waals surface area contributed by atoms with E-state index in [-0.39, 0.29) is 5.92 Å². The van der Waals surface area contributed by atoms with Crippen LogP contribution in [0.4, 0.5) is 5.82 Å². The fourth-order valence-corrected chi connectivity index (χ4v) is 2.69. The summed E-state index contributed by atoms with van der Waals surface area (Å²) in [6.45, 7) is 5.11. The van der Waals surface area contributed by atoms with Gasteiger partial charge in [0.15, 0.2) is 5.82 Å². The Hall–Kier alpha value is -2.50. The zero-order valence-electron chi connectivity index (χ0n) is 12.7. The van der Waals surface area contributed by atoms with Gasteiger partial charge in [0.05, 0.1) is 5.92 Å². The number of rotatable bonds is 3. The normalized spacial score (nSPS) is 17.7. The monoisotopic (exact) mass is 298 g/mol. The molecule has 3 heterocycles. The van der Waals surface area contributed by atoms with Gasteiger partial charge in [0.25, 0.3) is 0 Å². The molecule has 0 aromatic carbocycles. The highest BCUT2D eigenvalue weighted by Crippen LogP contribution is 2.28. The smallest absolute Gasteiger partial charge is 0.308 e. The van der Waals surface area contributed by atoms with E-state index >= 15 is 0 Å². The van der Waals surface area contributed by atoms with Crippen molar-refractivity contribution >= 4 is 11.8 Å². The molecule has 2 aromatic heterocycles. The molecule has 114 valence electrons. The second-order valence-corrected chi connectivity index (χ2v) is 5.57. The Kier molecular flexibility index (Phi) is 3.75. The Morgan fingerprint density at radius 3 is 2.77 bits per heavy atom. The summed E-state index contributed by atoms with van der Waals surface area (Å²) in [5.41, 5.74) is 2.61. The number of aryl methyl sites for hydroxylation is 1. The van der Waals surface area contributed by atoms with Crippen LogP contribution in [-0.2, 0) is 4.79 Å². The summed E-state index contributed by atoms with van der Waals surface area (Å²) in [6, 6.07) is 5.62. The summed E-state index contributed by atoms with van der Waals surface area (Å²) in [6.07, 6.45) is 2.36. The van der Waals surface area contributed by atoms with E-state index in [1.165, 1.54) is 0 Å². The summed E-state index contributed by atoms with van der Waals surface area (Å²) in [5.74, 6) is 0.332. The van der Waals surface area contributed by atoms with E-state index in [9.17, 15) is 4.79 Å². The van der Waals surface area contributed by atoms with Gasteiger partial charge < -0.3 is 10.0 Å². The maximum Gasteiger partial charge on any atom is 0.308 e. The highest BCUT2D eigenvalue weighted by molar-refractivity contribution is 5.72. The Balaban J connectivity index is 1.98. The first kappa shape index (κ1) is 14.4. The lowest BCUT2D eigenvalue weighted by Crippen LogP contribution is -2.25. The predicted molar refractivity (Wildman–Crippen MR) is 82.7 cm³/mol. The first-order chi connectivity index (χ1) is 10.6. The topological polar surface area (TPSA) is 79.2 Å².